The molecule has 4 heteroatoms. The molecule has 1 aliphatic heterocycles. The molecule has 1 rings (SSSR count). The molecule has 11 heavy (non-hydrogen) atoms. The summed E-state index contributed by atoms with van der Waals surface area (Å²) in [5.41, 5.74) is 0. The third kappa shape index (κ3) is 1.50. The standard InChI is InChI=1S/C7H11NO3/c1-2-4-3-5(9)8-6(4)7(10)11/h4,6H,2-3H2,1H3,(H,8,9)(H,10,11). The van der Waals surface area contributed by atoms with E-state index in [1.807, 2.05) is 6.92 Å². The first-order valence-corrected chi connectivity index (χ1v) is 3.67. The smallest absolute Gasteiger partial charge is 0.326 e. The van der Waals surface area contributed by atoms with Crippen molar-refractivity contribution in [3.05, 3.63) is 0 Å². The van der Waals surface area contributed by atoms with Crippen molar-refractivity contribution >= 4 is 11.9 Å². The second-order valence-corrected chi connectivity index (χ2v) is 2.76. The normalized spacial score (nSPS) is 30.1. The van der Waals surface area contributed by atoms with Gasteiger partial charge < -0.3 is 10.4 Å². The van der Waals surface area contributed by atoms with E-state index in [4.69, 9.17) is 5.11 Å². The maximum absolute atomic E-state index is 10.8. The number of hydrogen-bond acceptors (Lipinski definition) is 2. The van der Waals surface area contributed by atoms with E-state index >= 15 is 0 Å². The Bertz CT molecular complexity index is 190. The van der Waals surface area contributed by atoms with Crippen LogP contribution in [0.3, 0.4) is 0 Å². The zero-order chi connectivity index (χ0) is 8.43. The third-order valence-electron chi connectivity index (χ3n) is 2.03. The Morgan fingerprint density at radius 2 is 2.45 bits per heavy atom. The number of nitrogens with one attached hydrogen (secondary N) is 1. The highest BCUT2D eigenvalue weighted by molar-refractivity contribution is 5.87. The lowest BCUT2D eigenvalue weighted by atomic mass is 9.98. The molecule has 0 spiro atoms. The summed E-state index contributed by atoms with van der Waals surface area (Å²) < 4.78 is 0. The highest BCUT2D eigenvalue weighted by Gasteiger charge is 2.35. The predicted molar refractivity (Wildman–Crippen MR) is 38.0 cm³/mol. The van der Waals surface area contributed by atoms with Gasteiger partial charge in [-0.3, -0.25) is 4.79 Å². The van der Waals surface area contributed by atoms with Gasteiger partial charge in [0.05, 0.1) is 0 Å². The van der Waals surface area contributed by atoms with Gasteiger partial charge in [0.2, 0.25) is 5.91 Å². The van der Waals surface area contributed by atoms with Crippen molar-refractivity contribution in [2.24, 2.45) is 5.92 Å². The van der Waals surface area contributed by atoms with E-state index in [0.29, 0.717) is 6.42 Å². The molecule has 0 saturated carbocycles. The maximum Gasteiger partial charge on any atom is 0.326 e. The van der Waals surface area contributed by atoms with Gasteiger partial charge >= 0.3 is 5.97 Å². The van der Waals surface area contributed by atoms with Crippen molar-refractivity contribution in [3.63, 3.8) is 0 Å². The zero-order valence-electron chi connectivity index (χ0n) is 6.33. The quantitative estimate of drug-likeness (QED) is 0.592. The van der Waals surface area contributed by atoms with Gasteiger partial charge in [-0.25, -0.2) is 4.79 Å². The van der Waals surface area contributed by atoms with Gasteiger partial charge in [-0.1, -0.05) is 13.3 Å². The van der Waals surface area contributed by atoms with Gasteiger partial charge in [0.25, 0.3) is 0 Å². The molecule has 1 fully saturated rings. The van der Waals surface area contributed by atoms with Crippen molar-refractivity contribution in [3.8, 4) is 0 Å². The van der Waals surface area contributed by atoms with Gasteiger partial charge in [-0.15, -0.1) is 0 Å². The maximum atomic E-state index is 10.8. The molecule has 1 heterocycles. The molecule has 0 aromatic carbocycles. The summed E-state index contributed by atoms with van der Waals surface area (Å²) in [6.07, 6.45) is 1.09. The summed E-state index contributed by atoms with van der Waals surface area (Å²) in [7, 11) is 0. The lowest BCUT2D eigenvalue weighted by Gasteiger charge is -2.10. The van der Waals surface area contributed by atoms with Crippen molar-refractivity contribution in [1.82, 2.24) is 5.32 Å². The van der Waals surface area contributed by atoms with Crippen molar-refractivity contribution < 1.29 is 14.7 Å². The van der Waals surface area contributed by atoms with Gasteiger partial charge in [-0.05, 0) is 5.92 Å². The molecular formula is C7H11NO3. The highest BCUT2D eigenvalue weighted by atomic mass is 16.4. The Morgan fingerprint density at radius 1 is 1.82 bits per heavy atom. The second-order valence-electron chi connectivity index (χ2n) is 2.76. The van der Waals surface area contributed by atoms with Crippen LogP contribution in [0.2, 0.25) is 0 Å². The van der Waals surface area contributed by atoms with Gasteiger partial charge in [-0.2, -0.15) is 0 Å². The summed E-state index contributed by atoms with van der Waals surface area (Å²) in [6.45, 7) is 1.89. The van der Waals surface area contributed by atoms with E-state index in [9.17, 15) is 9.59 Å². The van der Waals surface area contributed by atoms with E-state index in [0.717, 1.165) is 6.42 Å². The molecule has 0 radical (unpaired) electrons. The van der Waals surface area contributed by atoms with E-state index in [1.54, 1.807) is 0 Å². The van der Waals surface area contributed by atoms with E-state index in [2.05, 4.69) is 5.32 Å². The van der Waals surface area contributed by atoms with Crippen LogP contribution in [0.5, 0.6) is 0 Å². The molecular weight excluding hydrogens is 146 g/mol. The van der Waals surface area contributed by atoms with E-state index in [-0.39, 0.29) is 11.8 Å². The van der Waals surface area contributed by atoms with Gasteiger partial charge in [0, 0.05) is 6.42 Å². The summed E-state index contributed by atoms with van der Waals surface area (Å²) in [6, 6.07) is -0.660. The van der Waals surface area contributed by atoms with Crippen LogP contribution in [0, 0.1) is 5.92 Å². The van der Waals surface area contributed by atoms with Crippen molar-refractivity contribution in [2.75, 3.05) is 0 Å². The van der Waals surface area contributed by atoms with Crippen molar-refractivity contribution in [2.45, 2.75) is 25.8 Å². The zero-order valence-corrected chi connectivity index (χ0v) is 6.33. The minimum absolute atomic E-state index is 0.0278. The summed E-state index contributed by atoms with van der Waals surface area (Å²) in [5.74, 6) is -1.10. The Morgan fingerprint density at radius 3 is 2.82 bits per heavy atom. The average molecular weight is 157 g/mol. The molecule has 62 valence electrons. The summed E-state index contributed by atoms with van der Waals surface area (Å²) >= 11 is 0. The lowest BCUT2D eigenvalue weighted by molar-refractivity contribution is -0.140. The lowest BCUT2D eigenvalue weighted by Crippen LogP contribution is -2.36. The van der Waals surface area contributed by atoms with Crippen LogP contribution < -0.4 is 5.32 Å². The molecule has 1 amide bonds. The number of amides is 1. The fourth-order valence-electron chi connectivity index (χ4n) is 1.35. The topological polar surface area (TPSA) is 66.4 Å². The van der Waals surface area contributed by atoms with Crippen LogP contribution in [0.15, 0.2) is 0 Å². The highest BCUT2D eigenvalue weighted by Crippen LogP contribution is 2.19. The van der Waals surface area contributed by atoms with Crippen LogP contribution in [-0.4, -0.2) is 23.0 Å². The predicted octanol–water partition coefficient (Wildman–Crippen LogP) is -0.0143. The van der Waals surface area contributed by atoms with Crippen LogP contribution in [0.4, 0.5) is 0 Å². The SMILES string of the molecule is CCC1CC(=O)NC1C(=O)O. The molecule has 2 atom stereocenters. The second kappa shape index (κ2) is 2.90. The Kier molecular flexibility index (Phi) is 2.12. The molecule has 2 N–H and O–H groups in total. The first-order chi connectivity index (χ1) is 5.15. The molecule has 0 aromatic rings. The molecule has 4 nitrogen and oxygen atoms in total. The Hall–Kier alpha value is -1.06. The average Bonchev–Trinajstić information content (AvgIpc) is 2.30. The van der Waals surface area contributed by atoms with Gasteiger partial charge in [0.15, 0.2) is 0 Å². The minimum atomic E-state index is -0.928. The molecule has 2 unspecified atom stereocenters. The third-order valence-corrected chi connectivity index (χ3v) is 2.03. The van der Waals surface area contributed by atoms with E-state index in [1.165, 1.54) is 0 Å². The van der Waals surface area contributed by atoms with Crippen molar-refractivity contribution in [1.29, 1.82) is 0 Å². The minimum Gasteiger partial charge on any atom is -0.480 e. The monoisotopic (exact) mass is 157 g/mol. The largest absolute Gasteiger partial charge is 0.480 e. The summed E-state index contributed by atoms with van der Waals surface area (Å²) in [5, 5.41) is 11.0. The first kappa shape index (κ1) is 8.04. The molecule has 1 saturated heterocycles. The Labute approximate surface area is 64.6 Å². The fourth-order valence-corrected chi connectivity index (χ4v) is 1.35. The molecule has 0 aromatic heterocycles. The van der Waals surface area contributed by atoms with Gasteiger partial charge in [0.1, 0.15) is 6.04 Å². The van der Waals surface area contributed by atoms with Crippen LogP contribution >= 0.6 is 0 Å². The molecule has 0 bridgehead atoms. The molecule has 1 aliphatic rings. The number of rotatable bonds is 2. The number of carboxylic acids is 1. The fraction of sp³-hybridized carbons (Fsp3) is 0.714. The van der Waals surface area contributed by atoms with Crippen LogP contribution in [0.1, 0.15) is 19.8 Å². The number of carboxylic acid groups (broad SMARTS) is 1. The van der Waals surface area contributed by atoms with Crippen LogP contribution in [0.25, 0.3) is 0 Å². The van der Waals surface area contributed by atoms with Crippen LogP contribution in [-0.2, 0) is 9.59 Å². The first-order valence-electron chi connectivity index (χ1n) is 3.67. The van der Waals surface area contributed by atoms with E-state index < -0.39 is 12.0 Å². The number of aliphatic carboxylic acids is 1. The summed E-state index contributed by atoms with van der Waals surface area (Å²) in [4.78, 5) is 21.3. The number of hydrogen-bond donors (Lipinski definition) is 2. The number of carbonyl (C=O) groups excluding carboxylic acids is 1. The molecule has 0 aliphatic carbocycles. The Balaban J connectivity index is 2.64. The number of carbonyl (C=O) groups is 2.